The lowest BCUT2D eigenvalue weighted by Gasteiger charge is -2.27. The molecular formula is C17H16Cl2N2OS2. The van der Waals surface area contributed by atoms with Gasteiger partial charge in [-0.25, -0.2) is 0 Å². The fraction of sp³-hybridized carbons (Fsp3) is 0.235. The van der Waals surface area contributed by atoms with Crippen molar-refractivity contribution >= 4 is 58.0 Å². The zero-order valence-corrected chi connectivity index (χ0v) is 16.1. The maximum Gasteiger partial charge on any atom is 0.174 e. The Labute approximate surface area is 161 Å². The summed E-state index contributed by atoms with van der Waals surface area (Å²) in [5.41, 5.74) is 1.96. The average Bonchev–Trinajstić information content (AvgIpc) is 3.05. The summed E-state index contributed by atoms with van der Waals surface area (Å²) in [6, 6.07) is 13.3. The molecule has 7 heteroatoms. The molecule has 1 fully saturated rings. The SMILES string of the molecule is COc1ccc(NC(=S)N2CCS[C@H]2c2ccc(Cl)cc2Cl)cc1. The molecule has 2 aromatic rings. The third-order valence-electron chi connectivity index (χ3n) is 3.72. The number of thiocarbonyl (C=S) groups is 1. The molecule has 2 aromatic carbocycles. The van der Waals surface area contributed by atoms with E-state index >= 15 is 0 Å². The van der Waals surface area contributed by atoms with Crippen molar-refractivity contribution in [1.82, 2.24) is 4.90 Å². The molecule has 1 saturated heterocycles. The summed E-state index contributed by atoms with van der Waals surface area (Å²) in [6.45, 7) is 0.871. The molecule has 0 amide bonds. The molecule has 0 unspecified atom stereocenters. The van der Waals surface area contributed by atoms with E-state index in [-0.39, 0.29) is 5.37 Å². The molecule has 1 N–H and O–H groups in total. The van der Waals surface area contributed by atoms with Crippen molar-refractivity contribution in [2.75, 3.05) is 24.7 Å². The van der Waals surface area contributed by atoms with E-state index in [4.69, 9.17) is 40.2 Å². The summed E-state index contributed by atoms with van der Waals surface area (Å²) in [7, 11) is 1.65. The van der Waals surface area contributed by atoms with Crippen LogP contribution in [0.3, 0.4) is 0 Å². The number of rotatable bonds is 3. The number of nitrogens with zero attached hydrogens (tertiary/aromatic N) is 1. The van der Waals surface area contributed by atoms with Gasteiger partial charge in [0.05, 0.1) is 7.11 Å². The predicted octanol–water partition coefficient (Wildman–Crippen LogP) is 5.45. The summed E-state index contributed by atoms with van der Waals surface area (Å²) >= 11 is 19.8. The Hall–Kier alpha value is -1.14. The van der Waals surface area contributed by atoms with Crippen molar-refractivity contribution in [1.29, 1.82) is 0 Å². The Bertz CT molecular complexity index is 740. The number of ether oxygens (including phenoxy) is 1. The van der Waals surface area contributed by atoms with Gasteiger partial charge in [-0.05, 0) is 48.6 Å². The van der Waals surface area contributed by atoms with Crippen molar-refractivity contribution in [3.05, 3.63) is 58.1 Å². The van der Waals surface area contributed by atoms with Gasteiger partial charge < -0.3 is 15.0 Å². The van der Waals surface area contributed by atoms with Crippen LogP contribution in [0, 0.1) is 0 Å². The Balaban J connectivity index is 1.75. The molecule has 0 aliphatic carbocycles. The Kier molecular flexibility index (Phi) is 5.76. The van der Waals surface area contributed by atoms with Crippen LogP contribution in [0.1, 0.15) is 10.9 Å². The van der Waals surface area contributed by atoms with Crippen molar-refractivity contribution in [2.24, 2.45) is 0 Å². The highest BCUT2D eigenvalue weighted by molar-refractivity contribution is 7.99. The first kappa shape index (κ1) is 17.7. The number of benzene rings is 2. The summed E-state index contributed by atoms with van der Waals surface area (Å²) in [5, 5.41) is 5.36. The number of nitrogens with one attached hydrogen (secondary N) is 1. The fourth-order valence-corrected chi connectivity index (χ4v) is 4.77. The lowest BCUT2D eigenvalue weighted by Crippen LogP contribution is -2.34. The first-order valence-electron chi connectivity index (χ1n) is 7.36. The summed E-state index contributed by atoms with van der Waals surface area (Å²) in [4.78, 5) is 2.15. The van der Waals surface area contributed by atoms with Crippen LogP contribution >= 0.6 is 47.2 Å². The molecular weight excluding hydrogens is 383 g/mol. The number of hydrogen-bond acceptors (Lipinski definition) is 3. The maximum absolute atomic E-state index is 6.37. The molecule has 1 heterocycles. The second kappa shape index (κ2) is 7.83. The molecule has 3 nitrogen and oxygen atoms in total. The molecule has 0 aromatic heterocycles. The molecule has 24 heavy (non-hydrogen) atoms. The minimum Gasteiger partial charge on any atom is -0.497 e. The van der Waals surface area contributed by atoms with Crippen LogP contribution in [0.25, 0.3) is 0 Å². The lowest BCUT2D eigenvalue weighted by atomic mass is 10.2. The van der Waals surface area contributed by atoms with Crippen LogP contribution in [0.15, 0.2) is 42.5 Å². The topological polar surface area (TPSA) is 24.5 Å². The van der Waals surface area contributed by atoms with Crippen LogP contribution in [-0.4, -0.2) is 29.4 Å². The molecule has 1 aliphatic rings. The van der Waals surface area contributed by atoms with Gasteiger partial charge in [-0.3, -0.25) is 0 Å². The van der Waals surface area contributed by atoms with Crippen LogP contribution in [0.5, 0.6) is 5.75 Å². The highest BCUT2D eigenvalue weighted by Crippen LogP contribution is 2.41. The largest absolute Gasteiger partial charge is 0.497 e. The molecule has 0 spiro atoms. The second-order valence-electron chi connectivity index (χ2n) is 5.24. The van der Waals surface area contributed by atoms with E-state index in [1.54, 1.807) is 13.2 Å². The summed E-state index contributed by atoms with van der Waals surface area (Å²) in [5.74, 6) is 1.81. The van der Waals surface area contributed by atoms with E-state index in [9.17, 15) is 0 Å². The molecule has 1 aliphatic heterocycles. The van der Waals surface area contributed by atoms with Crippen LogP contribution in [0.4, 0.5) is 5.69 Å². The monoisotopic (exact) mass is 398 g/mol. The van der Waals surface area contributed by atoms with Crippen molar-refractivity contribution in [3.63, 3.8) is 0 Å². The smallest absolute Gasteiger partial charge is 0.174 e. The van der Waals surface area contributed by atoms with Gasteiger partial charge >= 0.3 is 0 Å². The van der Waals surface area contributed by atoms with Gasteiger partial charge in [0.15, 0.2) is 5.11 Å². The number of thioether (sulfide) groups is 1. The van der Waals surface area contributed by atoms with E-state index in [0.29, 0.717) is 15.2 Å². The van der Waals surface area contributed by atoms with Crippen LogP contribution < -0.4 is 10.1 Å². The standard InChI is InChI=1S/C17H16Cl2N2OS2/c1-22-13-5-3-12(4-6-13)20-17(23)21-8-9-24-16(21)14-7-2-11(18)10-15(14)19/h2-7,10,16H,8-9H2,1H3,(H,20,23)/t16-/m0/s1. The maximum atomic E-state index is 6.37. The first-order chi connectivity index (χ1) is 11.6. The predicted molar refractivity (Wildman–Crippen MR) is 108 cm³/mol. The van der Waals surface area contributed by atoms with E-state index in [1.165, 1.54) is 0 Å². The average molecular weight is 399 g/mol. The second-order valence-corrected chi connectivity index (χ2v) is 7.66. The van der Waals surface area contributed by atoms with Gasteiger partial charge in [-0.1, -0.05) is 29.3 Å². The number of hydrogen-bond donors (Lipinski definition) is 1. The Morgan fingerprint density at radius 1 is 1.25 bits per heavy atom. The van der Waals surface area contributed by atoms with E-state index < -0.39 is 0 Å². The Morgan fingerprint density at radius 3 is 2.67 bits per heavy atom. The summed E-state index contributed by atoms with van der Waals surface area (Å²) < 4.78 is 5.17. The molecule has 126 valence electrons. The van der Waals surface area contributed by atoms with E-state index in [2.05, 4.69) is 10.2 Å². The molecule has 0 bridgehead atoms. The minimum absolute atomic E-state index is 0.0908. The van der Waals surface area contributed by atoms with Gasteiger partial charge in [0.1, 0.15) is 11.1 Å². The van der Waals surface area contributed by atoms with Gasteiger partial charge in [-0.15, -0.1) is 11.8 Å². The van der Waals surface area contributed by atoms with Crippen LogP contribution in [-0.2, 0) is 0 Å². The third kappa shape index (κ3) is 3.91. The Morgan fingerprint density at radius 2 is 2.00 bits per heavy atom. The highest BCUT2D eigenvalue weighted by Gasteiger charge is 2.30. The molecule has 3 rings (SSSR count). The quantitative estimate of drug-likeness (QED) is 0.693. The van der Waals surface area contributed by atoms with Gasteiger partial charge in [0.25, 0.3) is 0 Å². The number of halogens is 2. The normalized spacial score (nSPS) is 17.0. The minimum atomic E-state index is 0.0908. The fourth-order valence-electron chi connectivity index (χ4n) is 2.51. The van der Waals surface area contributed by atoms with E-state index in [0.717, 1.165) is 29.3 Å². The zero-order chi connectivity index (χ0) is 17.1. The number of methoxy groups -OCH3 is 1. The van der Waals surface area contributed by atoms with E-state index in [1.807, 2.05) is 48.2 Å². The lowest BCUT2D eigenvalue weighted by molar-refractivity contribution is 0.415. The van der Waals surface area contributed by atoms with Crippen molar-refractivity contribution < 1.29 is 4.74 Å². The highest BCUT2D eigenvalue weighted by atomic mass is 35.5. The van der Waals surface area contributed by atoms with Gasteiger partial charge in [-0.2, -0.15) is 0 Å². The number of anilines is 1. The van der Waals surface area contributed by atoms with Gasteiger partial charge in [0.2, 0.25) is 0 Å². The van der Waals surface area contributed by atoms with Crippen molar-refractivity contribution in [3.8, 4) is 5.75 Å². The third-order valence-corrected chi connectivity index (χ3v) is 5.86. The first-order valence-corrected chi connectivity index (χ1v) is 9.58. The zero-order valence-electron chi connectivity index (χ0n) is 13.0. The summed E-state index contributed by atoms with van der Waals surface area (Å²) in [6.07, 6.45) is 0. The van der Waals surface area contributed by atoms with Crippen LogP contribution in [0.2, 0.25) is 10.0 Å². The molecule has 1 atom stereocenters. The molecule has 0 radical (unpaired) electrons. The van der Waals surface area contributed by atoms with Crippen molar-refractivity contribution in [2.45, 2.75) is 5.37 Å². The van der Waals surface area contributed by atoms with Gasteiger partial charge in [0, 0.05) is 33.6 Å². The molecule has 0 saturated carbocycles.